The minimum absolute atomic E-state index is 0.0578. The van der Waals surface area contributed by atoms with Gasteiger partial charge < -0.3 is 15.2 Å². The molecule has 3 heterocycles. The van der Waals surface area contributed by atoms with Gasteiger partial charge in [-0.15, -0.1) is 16.4 Å². The van der Waals surface area contributed by atoms with Crippen LogP contribution in [0.5, 0.6) is 0 Å². The van der Waals surface area contributed by atoms with Crippen LogP contribution < -0.4 is 5.32 Å². The van der Waals surface area contributed by atoms with Crippen LogP contribution in [0.1, 0.15) is 28.2 Å². The quantitative estimate of drug-likeness (QED) is 0.805. The van der Waals surface area contributed by atoms with Crippen molar-refractivity contribution in [3.05, 3.63) is 34.3 Å². The highest BCUT2D eigenvalue weighted by atomic mass is 32.1. The number of hydrogen-bond donors (Lipinski definition) is 2. The van der Waals surface area contributed by atoms with E-state index in [9.17, 15) is 14.7 Å². The number of ether oxygens (including phenoxy) is 1. The maximum atomic E-state index is 12.2. The molecule has 1 amide bonds. The Bertz CT molecular complexity index is 707. The zero-order chi connectivity index (χ0) is 17.0. The second-order valence-electron chi connectivity index (χ2n) is 5.76. The third-order valence-electron chi connectivity index (χ3n) is 4.16. The van der Waals surface area contributed by atoms with Gasteiger partial charge >= 0.3 is 5.97 Å². The molecule has 0 atom stereocenters. The zero-order valence-electron chi connectivity index (χ0n) is 13.0. The number of carbonyl (C=O) groups is 2. The summed E-state index contributed by atoms with van der Waals surface area (Å²) in [6.07, 6.45) is 2.33. The lowest BCUT2D eigenvalue weighted by molar-refractivity contribution is -0.154. The molecule has 0 radical (unpaired) electrons. The van der Waals surface area contributed by atoms with E-state index in [0.717, 1.165) is 4.88 Å². The van der Waals surface area contributed by atoms with Gasteiger partial charge in [0.25, 0.3) is 5.91 Å². The first kappa shape index (κ1) is 16.6. The van der Waals surface area contributed by atoms with E-state index in [0.29, 0.717) is 32.6 Å². The lowest BCUT2D eigenvalue weighted by Gasteiger charge is -2.32. The Labute approximate surface area is 142 Å². The van der Waals surface area contributed by atoms with Crippen LogP contribution in [-0.2, 0) is 16.1 Å². The molecule has 2 aromatic heterocycles. The molecule has 2 N–H and O–H groups in total. The lowest BCUT2D eigenvalue weighted by atomic mass is 9.80. The van der Waals surface area contributed by atoms with E-state index in [2.05, 4.69) is 15.6 Å². The van der Waals surface area contributed by atoms with Gasteiger partial charge in [-0.2, -0.15) is 0 Å². The van der Waals surface area contributed by atoms with E-state index in [-0.39, 0.29) is 12.2 Å². The monoisotopic (exact) mass is 350 g/mol. The summed E-state index contributed by atoms with van der Waals surface area (Å²) in [7, 11) is 0. The number of rotatable bonds is 6. The summed E-state index contributed by atoms with van der Waals surface area (Å²) in [5.41, 5.74) is -0.792. The third kappa shape index (κ3) is 3.62. The number of carboxylic acids is 1. The molecule has 0 spiro atoms. The molecule has 0 bridgehead atoms. The minimum atomic E-state index is -0.971. The van der Waals surface area contributed by atoms with Crippen molar-refractivity contribution in [2.75, 3.05) is 19.8 Å². The molecule has 1 fully saturated rings. The highest BCUT2D eigenvalue weighted by Crippen LogP contribution is 2.30. The Hall–Kier alpha value is -2.26. The van der Waals surface area contributed by atoms with Crippen molar-refractivity contribution in [1.82, 2.24) is 20.3 Å². The summed E-state index contributed by atoms with van der Waals surface area (Å²) < 4.78 is 6.80. The highest BCUT2D eigenvalue weighted by Gasteiger charge is 2.40. The second-order valence-corrected chi connectivity index (χ2v) is 6.79. The molecule has 0 aromatic carbocycles. The van der Waals surface area contributed by atoms with Gasteiger partial charge in [0.15, 0.2) is 5.69 Å². The number of nitrogens with one attached hydrogen (secondary N) is 1. The van der Waals surface area contributed by atoms with Gasteiger partial charge in [0.05, 0.1) is 18.2 Å². The Balaban J connectivity index is 1.60. The molecule has 1 aliphatic heterocycles. The minimum Gasteiger partial charge on any atom is -0.481 e. The van der Waals surface area contributed by atoms with E-state index in [1.165, 1.54) is 0 Å². The summed E-state index contributed by atoms with van der Waals surface area (Å²) >= 11 is 1.60. The molecular formula is C15H18N4O4S. The molecule has 1 saturated heterocycles. The summed E-state index contributed by atoms with van der Waals surface area (Å²) in [6.45, 7) is 1.38. The number of thiophene rings is 1. The zero-order valence-corrected chi connectivity index (χ0v) is 13.8. The Morgan fingerprint density at radius 2 is 2.21 bits per heavy atom. The Kier molecular flexibility index (Phi) is 4.91. The van der Waals surface area contributed by atoms with E-state index >= 15 is 0 Å². The van der Waals surface area contributed by atoms with Crippen molar-refractivity contribution >= 4 is 23.2 Å². The van der Waals surface area contributed by atoms with Crippen molar-refractivity contribution in [2.24, 2.45) is 5.41 Å². The molecule has 0 aliphatic carbocycles. The molecule has 3 rings (SSSR count). The molecule has 0 unspecified atom stereocenters. The first-order valence-corrected chi connectivity index (χ1v) is 8.49. The van der Waals surface area contributed by atoms with Crippen molar-refractivity contribution < 1.29 is 19.4 Å². The number of carboxylic acid groups (broad SMARTS) is 1. The van der Waals surface area contributed by atoms with Gasteiger partial charge in [0.1, 0.15) is 0 Å². The number of aromatic nitrogens is 3. The number of hydrogen-bond acceptors (Lipinski definition) is 6. The van der Waals surface area contributed by atoms with E-state index < -0.39 is 17.3 Å². The van der Waals surface area contributed by atoms with Gasteiger partial charge in [-0.3, -0.25) is 9.59 Å². The van der Waals surface area contributed by atoms with Crippen LogP contribution in [-0.4, -0.2) is 51.7 Å². The summed E-state index contributed by atoms with van der Waals surface area (Å²) in [6, 6.07) is 3.93. The van der Waals surface area contributed by atoms with E-state index in [1.54, 1.807) is 22.2 Å². The fraction of sp³-hybridized carbons (Fsp3) is 0.467. The maximum absolute atomic E-state index is 12.2. The highest BCUT2D eigenvalue weighted by molar-refractivity contribution is 7.09. The van der Waals surface area contributed by atoms with Crippen molar-refractivity contribution in [3.63, 3.8) is 0 Å². The maximum Gasteiger partial charge on any atom is 0.311 e. The SMILES string of the molecule is O=C(NCC1(C(=O)O)CCOCC1)c1cn(Cc2cccs2)nn1. The van der Waals surface area contributed by atoms with Crippen LogP contribution in [0.15, 0.2) is 23.7 Å². The van der Waals surface area contributed by atoms with Crippen LogP contribution in [0.2, 0.25) is 0 Å². The second kappa shape index (κ2) is 7.10. The number of aliphatic carboxylic acids is 1. The molecular weight excluding hydrogens is 332 g/mol. The predicted octanol–water partition coefficient (Wildman–Crippen LogP) is 0.999. The first-order chi connectivity index (χ1) is 11.6. The molecule has 0 saturated carbocycles. The van der Waals surface area contributed by atoms with E-state index in [1.807, 2.05) is 17.5 Å². The predicted molar refractivity (Wildman–Crippen MR) is 85.9 cm³/mol. The Morgan fingerprint density at radius 3 is 2.88 bits per heavy atom. The van der Waals surface area contributed by atoms with Crippen LogP contribution >= 0.6 is 11.3 Å². The molecule has 8 nitrogen and oxygen atoms in total. The fourth-order valence-electron chi connectivity index (χ4n) is 2.61. The average molecular weight is 350 g/mol. The molecule has 1 aliphatic rings. The van der Waals surface area contributed by atoms with Crippen LogP contribution in [0.25, 0.3) is 0 Å². The number of amides is 1. The smallest absolute Gasteiger partial charge is 0.311 e. The lowest BCUT2D eigenvalue weighted by Crippen LogP contribution is -2.46. The molecule has 24 heavy (non-hydrogen) atoms. The van der Waals surface area contributed by atoms with Crippen LogP contribution in [0.4, 0.5) is 0 Å². The van der Waals surface area contributed by atoms with Crippen LogP contribution in [0, 0.1) is 5.41 Å². The Morgan fingerprint density at radius 1 is 1.42 bits per heavy atom. The summed E-state index contributed by atoms with van der Waals surface area (Å²) in [5, 5.41) is 21.9. The van der Waals surface area contributed by atoms with Gasteiger partial charge in [-0.05, 0) is 24.3 Å². The molecule has 128 valence electrons. The van der Waals surface area contributed by atoms with Crippen molar-refractivity contribution in [1.29, 1.82) is 0 Å². The number of carbonyl (C=O) groups excluding carboxylic acids is 1. The topological polar surface area (TPSA) is 106 Å². The van der Waals surface area contributed by atoms with E-state index in [4.69, 9.17) is 4.74 Å². The van der Waals surface area contributed by atoms with Gasteiger partial charge in [-0.1, -0.05) is 11.3 Å². The van der Waals surface area contributed by atoms with Gasteiger partial charge in [0.2, 0.25) is 0 Å². The number of nitrogens with zero attached hydrogens (tertiary/aromatic N) is 3. The normalized spacial score (nSPS) is 16.7. The summed E-state index contributed by atoms with van der Waals surface area (Å²) in [4.78, 5) is 24.9. The largest absolute Gasteiger partial charge is 0.481 e. The fourth-order valence-corrected chi connectivity index (χ4v) is 3.31. The summed E-state index contributed by atoms with van der Waals surface area (Å²) in [5.74, 6) is -1.33. The third-order valence-corrected chi connectivity index (χ3v) is 5.02. The first-order valence-electron chi connectivity index (χ1n) is 7.61. The van der Waals surface area contributed by atoms with Crippen molar-refractivity contribution in [3.8, 4) is 0 Å². The molecule has 9 heteroatoms. The standard InChI is InChI=1S/C15H18N4O4S/c20-13(16-10-15(14(21)22)3-5-23-6-4-15)12-9-19(18-17-12)8-11-2-1-7-24-11/h1-2,7,9H,3-6,8,10H2,(H,16,20)(H,21,22). The van der Waals surface area contributed by atoms with Gasteiger partial charge in [-0.25, -0.2) is 4.68 Å². The van der Waals surface area contributed by atoms with Crippen LogP contribution in [0.3, 0.4) is 0 Å². The van der Waals surface area contributed by atoms with Crippen molar-refractivity contribution in [2.45, 2.75) is 19.4 Å². The average Bonchev–Trinajstić information content (AvgIpc) is 3.26. The molecule has 2 aromatic rings. The van der Waals surface area contributed by atoms with Gasteiger partial charge in [0, 0.05) is 24.6 Å².